The number of hydrogen-bond donors (Lipinski definition) is 1. The first kappa shape index (κ1) is 25.0. The first-order valence-corrected chi connectivity index (χ1v) is 13.1. The van der Waals surface area contributed by atoms with Gasteiger partial charge >= 0.3 is 0 Å². The zero-order valence-corrected chi connectivity index (χ0v) is 22.0. The van der Waals surface area contributed by atoms with Crippen LogP contribution in [0.25, 0.3) is 10.9 Å². The minimum Gasteiger partial charge on any atom is -0.497 e. The molecule has 1 amide bonds. The highest BCUT2D eigenvalue weighted by Crippen LogP contribution is 2.41. The number of aromatic nitrogens is 1. The Balaban J connectivity index is 1.40. The van der Waals surface area contributed by atoms with Gasteiger partial charge < -0.3 is 19.4 Å². The highest BCUT2D eigenvalue weighted by Gasteiger charge is 2.36. The Labute approximate surface area is 230 Å². The molecular weight excluding hydrogens is 515 g/mol. The van der Waals surface area contributed by atoms with Gasteiger partial charge in [0.1, 0.15) is 23.9 Å². The van der Waals surface area contributed by atoms with Crippen LogP contribution in [0.1, 0.15) is 38.8 Å². The fourth-order valence-electron chi connectivity index (χ4n) is 5.29. The SMILES string of the molecule is COc1ccc2[nH]c3c(c2c1)CCN(C(=O)c1c(F)cccc1Cl)[C@H]3c1ccc(OCc2ccccc2)cc1. The molecule has 2 heterocycles. The summed E-state index contributed by atoms with van der Waals surface area (Å²) in [6, 6.07) is 27.4. The van der Waals surface area contributed by atoms with Gasteiger partial charge in [-0.05, 0) is 65.6 Å². The monoisotopic (exact) mass is 540 g/mol. The molecule has 0 unspecified atom stereocenters. The third kappa shape index (κ3) is 4.72. The molecule has 0 saturated heterocycles. The maximum Gasteiger partial charge on any atom is 0.259 e. The summed E-state index contributed by atoms with van der Waals surface area (Å²) in [7, 11) is 1.64. The van der Waals surface area contributed by atoms with E-state index in [2.05, 4.69) is 4.98 Å². The second-order valence-corrected chi connectivity index (χ2v) is 9.93. The maximum atomic E-state index is 14.8. The van der Waals surface area contributed by atoms with Crippen molar-refractivity contribution in [1.82, 2.24) is 9.88 Å². The van der Waals surface area contributed by atoms with E-state index in [9.17, 15) is 9.18 Å². The van der Waals surface area contributed by atoms with Crippen molar-refractivity contribution in [3.63, 3.8) is 0 Å². The first-order chi connectivity index (χ1) is 19.0. The molecule has 0 radical (unpaired) electrons. The summed E-state index contributed by atoms with van der Waals surface area (Å²) >= 11 is 6.32. The molecule has 0 aliphatic carbocycles. The standard InChI is InChI=1S/C32H26ClFN2O3/c1-38-23-14-15-28-25(18-23)24-16-17-36(32(37)29-26(33)8-5-9-27(29)34)31(30(24)35-28)21-10-12-22(13-11-21)39-19-20-6-3-2-4-7-20/h2-15,18,31,35H,16-17,19H2,1H3/t31-/m0/s1. The van der Waals surface area contributed by atoms with Crippen LogP contribution in [0.15, 0.2) is 91.0 Å². The smallest absolute Gasteiger partial charge is 0.259 e. The quantitative estimate of drug-likeness (QED) is 0.245. The molecule has 7 heteroatoms. The van der Waals surface area contributed by atoms with Crippen molar-refractivity contribution in [2.75, 3.05) is 13.7 Å². The second kappa shape index (κ2) is 10.5. The number of carbonyl (C=O) groups is 1. The van der Waals surface area contributed by atoms with Gasteiger partial charge in [-0.25, -0.2) is 4.39 Å². The van der Waals surface area contributed by atoms with E-state index in [-0.39, 0.29) is 10.6 Å². The van der Waals surface area contributed by atoms with Crippen LogP contribution in [0.4, 0.5) is 4.39 Å². The Morgan fingerprint density at radius 2 is 1.77 bits per heavy atom. The van der Waals surface area contributed by atoms with Gasteiger partial charge in [0.2, 0.25) is 0 Å². The molecule has 1 aromatic heterocycles. The molecule has 0 saturated carbocycles. The Bertz CT molecular complexity index is 1630. The zero-order valence-electron chi connectivity index (χ0n) is 21.3. The summed E-state index contributed by atoms with van der Waals surface area (Å²) in [5.74, 6) is 0.393. The van der Waals surface area contributed by atoms with Crippen LogP contribution >= 0.6 is 11.6 Å². The zero-order chi connectivity index (χ0) is 26.9. The molecule has 0 spiro atoms. The van der Waals surface area contributed by atoms with Crippen molar-refractivity contribution < 1.29 is 18.7 Å². The Morgan fingerprint density at radius 1 is 1.00 bits per heavy atom. The van der Waals surface area contributed by atoms with Crippen molar-refractivity contribution in [3.8, 4) is 11.5 Å². The molecule has 196 valence electrons. The van der Waals surface area contributed by atoms with E-state index in [4.69, 9.17) is 21.1 Å². The number of halogens is 2. The highest BCUT2D eigenvalue weighted by molar-refractivity contribution is 6.33. The third-order valence-electron chi connectivity index (χ3n) is 7.22. The fraction of sp³-hybridized carbons (Fsp3) is 0.156. The molecule has 1 aliphatic rings. The van der Waals surface area contributed by atoms with Crippen molar-refractivity contribution in [1.29, 1.82) is 0 Å². The molecular formula is C32H26ClFN2O3. The number of carbonyl (C=O) groups excluding carboxylic acids is 1. The van der Waals surface area contributed by atoms with Crippen LogP contribution in [0, 0.1) is 5.82 Å². The number of nitrogens with one attached hydrogen (secondary N) is 1. The minimum absolute atomic E-state index is 0.0931. The lowest BCUT2D eigenvalue weighted by Gasteiger charge is -2.36. The van der Waals surface area contributed by atoms with Crippen LogP contribution in [-0.4, -0.2) is 29.4 Å². The van der Waals surface area contributed by atoms with Crippen molar-refractivity contribution in [2.45, 2.75) is 19.1 Å². The van der Waals surface area contributed by atoms with E-state index >= 15 is 0 Å². The average Bonchev–Trinajstić information content (AvgIpc) is 3.34. The molecule has 0 fully saturated rings. The summed E-state index contributed by atoms with van der Waals surface area (Å²) in [4.78, 5) is 19.0. The van der Waals surface area contributed by atoms with Gasteiger partial charge in [0.05, 0.1) is 23.7 Å². The predicted octanol–water partition coefficient (Wildman–Crippen LogP) is 7.34. The van der Waals surface area contributed by atoms with E-state index in [1.165, 1.54) is 18.2 Å². The molecule has 1 aliphatic heterocycles. The number of ether oxygens (including phenoxy) is 2. The minimum atomic E-state index is -0.636. The largest absolute Gasteiger partial charge is 0.497 e. The van der Waals surface area contributed by atoms with Gasteiger partial charge in [-0.2, -0.15) is 0 Å². The molecule has 5 aromatic rings. The maximum absolute atomic E-state index is 14.8. The van der Waals surface area contributed by atoms with Crippen LogP contribution in [0.3, 0.4) is 0 Å². The number of methoxy groups -OCH3 is 1. The van der Waals surface area contributed by atoms with Gasteiger partial charge in [-0.1, -0.05) is 60.1 Å². The summed E-state index contributed by atoms with van der Waals surface area (Å²) in [6.45, 7) is 0.853. The topological polar surface area (TPSA) is 54.6 Å². The van der Waals surface area contributed by atoms with Gasteiger partial charge in [-0.15, -0.1) is 0 Å². The summed E-state index contributed by atoms with van der Waals surface area (Å²) in [6.07, 6.45) is 0.606. The lowest BCUT2D eigenvalue weighted by atomic mass is 9.91. The number of aromatic amines is 1. The molecule has 1 N–H and O–H groups in total. The highest BCUT2D eigenvalue weighted by atomic mass is 35.5. The van der Waals surface area contributed by atoms with Crippen LogP contribution in [-0.2, 0) is 13.0 Å². The van der Waals surface area contributed by atoms with Crippen LogP contribution < -0.4 is 9.47 Å². The Morgan fingerprint density at radius 3 is 2.51 bits per heavy atom. The van der Waals surface area contributed by atoms with Crippen molar-refractivity contribution in [3.05, 3.63) is 130 Å². The van der Waals surface area contributed by atoms with Crippen molar-refractivity contribution >= 4 is 28.4 Å². The number of rotatable bonds is 6. The molecule has 4 aromatic carbocycles. The Hall–Kier alpha value is -4.29. The molecule has 1 atom stereocenters. The van der Waals surface area contributed by atoms with Gasteiger partial charge in [-0.3, -0.25) is 4.79 Å². The lowest BCUT2D eigenvalue weighted by Crippen LogP contribution is -2.41. The van der Waals surface area contributed by atoms with E-state index in [0.29, 0.717) is 19.6 Å². The number of nitrogens with zero attached hydrogens (tertiary/aromatic N) is 1. The first-order valence-electron chi connectivity index (χ1n) is 12.7. The number of fused-ring (bicyclic) bond motifs is 3. The van der Waals surface area contributed by atoms with Crippen molar-refractivity contribution in [2.24, 2.45) is 0 Å². The number of H-pyrrole nitrogens is 1. The summed E-state index contributed by atoms with van der Waals surface area (Å²) < 4.78 is 26.3. The molecule has 5 nitrogen and oxygen atoms in total. The normalized spacial score (nSPS) is 14.7. The van der Waals surface area contributed by atoms with Crippen LogP contribution in [0.2, 0.25) is 5.02 Å². The van der Waals surface area contributed by atoms with E-state index in [1.54, 1.807) is 12.0 Å². The molecule has 39 heavy (non-hydrogen) atoms. The number of hydrogen-bond acceptors (Lipinski definition) is 3. The molecule has 0 bridgehead atoms. The van der Waals surface area contributed by atoms with E-state index in [0.717, 1.165) is 44.8 Å². The molecule has 6 rings (SSSR count). The third-order valence-corrected chi connectivity index (χ3v) is 7.53. The number of amides is 1. The average molecular weight is 541 g/mol. The Kier molecular flexibility index (Phi) is 6.71. The van der Waals surface area contributed by atoms with Gasteiger partial charge in [0.15, 0.2) is 0 Å². The number of benzene rings is 4. The van der Waals surface area contributed by atoms with Gasteiger partial charge in [0.25, 0.3) is 5.91 Å². The van der Waals surface area contributed by atoms with E-state index < -0.39 is 17.8 Å². The van der Waals surface area contributed by atoms with Crippen LogP contribution in [0.5, 0.6) is 11.5 Å². The summed E-state index contributed by atoms with van der Waals surface area (Å²) in [5, 5.41) is 1.14. The predicted molar refractivity (Wildman–Crippen MR) is 150 cm³/mol. The van der Waals surface area contributed by atoms with Gasteiger partial charge in [0, 0.05) is 23.1 Å². The second-order valence-electron chi connectivity index (χ2n) is 9.52. The lowest BCUT2D eigenvalue weighted by molar-refractivity contribution is 0.0687. The summed E-state index contributed by atoms with van der Waals surface area (Å²) in [5.41, 5.74) is 4.79. The van der Waals surface area contributed by atoms with E-state index in [1.807, 2.05) is 72.8 Å². The fourth-order valence-corrected chi connectivity index (χ4v) is 5.54.